The molecule has 0 atom stereocenters. The Balaban J connectivity index is 2.48. The van der Waals surface area contributed by atoms with Gasteiger partial charge in [0.25, 0.3) is 0 Å². The minimum Gasteiger partial charge on any atom is -0.477 e. The highest BCUT2D eigenvalue weighted by Gasteiger charge is 2.09. The Bertz CT molecular complexity index is 331. The van der Waals surface area contributed by atoms with Crippen molar-refractivity contribution < 1.29 is 4.74 Å². The zero-order valence-corrected chi connectivity index (χ0v) is 11.5. The molecule has 1 rings (SSSR count). The molecule has 0 N–H and O–H groups in total. The van der Waals surface area contributed by atoms with Crippen molar-refractivity contribution in [3.63, 3.8) is 0 Å². The van der Waals surface area contributed by atoms with Gasteiger partial charge in [0, 0.05) is 0 Å². The molecule has 0 aliphatic carbocycles. The SMILES string of the molecule is CCCCCCOc1ncnc(Cl)c1CCC. The van der Waals surface area contributed by atoms with Crippen molar-refractivity contribution >= 4 is 11.6 Å². The van der Waals surface area contributed by atoms with Gasteiger partial charge in [0.05, 0.1) is 12.2 Å². The van der Waals surface area contributed by atoms with Gasteiger partial charge in [0.15, 0.2) is 0 Å². The van der Waals surface area contributed by atoms with Crippen LogP contribution in [0.5, 0.6) is 5.88 Å². The molecule has 3 nitrogen and oxygen atoms in total. The van der Waals surface area contributed by atoms with Crippen LogP contribution >= 0.6 is 11.6 Å². The number of rotatable bonds is 8. The summed E-state index contributed by atoms with van der Waals surface area (Å²) in [6.45, 7) is 5.02. The van der Waals surface area contributed by atoms with Crippen LogP contribution < -0.4 is 4.74 Å². The van der Waals surface area contributed by atoms with Gasteiger partial charge >= 0.3 is 0 Å². The van der Waals surface area contributed by atoms with E-state index in [4.69, 9.17) is 16.3 Å². The lowest BCUT2D eigenvalue weighted by Crippen LogP contribution is -2.04. The summed E-state index contributed by atoms with van der Waals surface area (Å²) in [4.78, 5) is 8.15. The fourth-order valence-corrected chi connectivity index (χ4v) is 1.88. The van der Waals surface area contributed by atoms with Gasteiger partial charge in [-0.05, 0) is 12.8 Å². The second-order valence-electron chi connectivity index (χ2n) is 4.11. The zero-order chi connectivity index (χ0) is 12.5. The Morgan fingerprint density at radius 3 is 2.65 bits per heavy atom. The fraction of sp³-hybridized carbons (Fsp3) is 0.692. The molecule has 4 heteroatoms. The van der Waals surface area contributed by atoms with E-state index in [1.54, 1.807) is 0 Å². The van der Waals surface area contributed by atoms with E-state index in [1.807, 2.05) is 0 Å². The molecule has 1 aromatic rings. The molecular weight excluding hydrogens is 236 g/mol. The van der Waals surface area contributed by atoms with Crippen molar-refractivity contribution in [3.8, 4) is 5.88 Å². The monoisotopic (exact) mass is 256 g/mol. The molecule has 0 radical (unpaired) electrons. The number of nitrogens with zero attached hydrogens (tertiary/aromatic N) is 2. The molecule has 96 valence electrons. The van der Waals surface area contributed by atoms with Crippen molar-refractivity contribution in [1.29, 1.82) is 0 Å². The van der Waals surface area contributed by atoms with E-state index >= 15 is 0 Å². The van der Waals surface area contributed by atoms with Gasteiger partial charge in [-0.2, -0.15) is 0 Å². The van der Waals surface area contributed by atoms with Crippen molar-refractivity contribution in [2.75, 3.05) is 6.61 Å². The summed E-state index contributed by atoms with van der Waals surface area (Å²) in [5.41, 5.74) is 0.937. The number of aromatic nitrogens is 2. The summed E-state index contributed by atoms with van der Waals surface area (Å²) in [5, 5.41) is 0.519. The van der Waals surface area contributed by atoms with E-state index in [0.29, 0.717) is 17.6 Å². The standard InChI is InChI=1S/C13H21ClN2O/c1-3-5-6-7-9-17-13-11(8-4-2)12(14)15-10-16-13/h10H,3-9H2,1-2H3. The third-order valence-electron chi connectivity index (χ3n) is 2.59. The Kier molecular flexibility index (Phi) is 6.94. The van der Waals surface area contributed by atoms with Crippen LogP contribution in [0.3, 0.4) is 0 Å². The van der Waals surface area contributed by atoms with Gasteiger partial charge in [0.1, 0.15) is 11.5 Å². The molecule has 0 fully saturated rings. The summed E-state index contributed by atoms with van der Waals surface area (Å²) in [5.74, 6) is 0.656. The molecule has 0 saturated heterocycles. The maximum Gasteiger partial charge on any atom is 0.221 e. The van der Waals surface area contributed by atoms with Gasteiger partial charge in [-0.15, -0.1) is 0 Å². The van der Waals surface area contributed by atoms with E-state index in [1.165, 1.54) is 25.6 Å². The van der Waals surface area contributed by atoms with E-state index in [2.05, 4.69) is 23.8 Å². The van der Waals surface area contributed by atoms with Crippen molar-refractivity contribution in [2.45, 2.75) is 52.4 Å². The molecule has 1 aromatic heterocycles. The first-order valence-electron chi connectivity index (χ1n) is 6.41. The molecule has 17 heavy (non-hydrogen) atoms. The number of halogens is 1. The summed E-state index contributed by atoms with van der Waals surface area (Å²) in [6, 6.07) is 0. The molecule has 0 spiro atoms. The summed E-state index contributed by atoms with van der Waals surface area (Å²) >= 11 is 6.04. The third-order valence-corrected chi connectivity index (χ3v) is 2.92. The quantitative estimate of drug-likeness (QED) is 0.520. The number of ether oxygens (including phenoxy) is 1. The van der Waals surface area contributed by atoms with E-state index in [-0.39, 0.29) is 0 Å². The second kappa shape index (κ2) is 8.29. The molecule has 1 heterocycles. The number of hydrogen-bond acceptors (Lipinski definition) is 3. The molecule has 0 bridgehead atoms. The third kappa shape index (κ3) is 4.90. The van der Waals surface area contributed by atoms with Crippen LogP contribution in [-0.4, -0.2) is 16.6 Å². The zero-order valence-electron chi connectivity index (χ0n) is 10.7. The van der Waals surface area contributed by atoms with E-state index in [9.17, 15) is 0 Å². The highest BCUT2D eigenvalue weighted by Crippen LogP contribution is 2.23. The van der Waals surface area contributed by atoms with E-state index < -0.39 is 0 Å². The van der Waals surface area contributed by atoms with Crippen molar-refractivity contribution in [3.05, 3.63) is 17.0 Å². The topological polar surface area (TPSA) is 35.0 Å². The summed E-state index contributed by atoms with van der Waals surface area (Å²) in [6.07, 6.45) is 8.11. The van der Waals surface area contributed by atoms with E-state index in [0.717, 1.165) is 24.8 Å². The van der Waals surface area contributed by atoms with Gasteiger partial charge < -0.3 is 4.74 Å². The maximum absolute atomic E-state index is 6.04. The Labute approximate surface area is 109 Å². The minimum atomic E-state index is 0.519. The van der Waals surface area contributed by atoms with Crippen LogP contribution in [0.25, 0.3) is 0 Å². The molecule has 0 amide bonds. The first kappa shape index (κ1) is 14.2. The Morgan fingerprint density at radius 1 is 1.12 bits per heavy atom. The van der Waals surface area contributed by atoms with Crippen LogP contribution in [0, 0.1) is 0 Å². The highest BCUT2D eigenvalue weighted by atomic mass is 35.5. The molecule has 0 unspecified atom stereocenters. The first-order chi connectivity index (χ1) is 8.29. The molecule has 0 saturated carbocycles. The molecular formula is C13H21ClN2O. The van der Waals surface area contributed by atoms with Gasteiger partial charge in [0.2, 0.25) is 5.88 Å². The first-order valence-corrected chi connectivity index (χ1v) is 6.79. The van der Waals surface area contributed by atoms with Crippen LogP contribution in [0.15, 0.2) is 6.33 Å². The minimum absolute atomic E-state index is 0.519. The van der Waals surface area contributed by atoms with Crippen molar-refractivity contribution in [2.24, 2.45) is 0 Å². The number of hydrogen-bond donors (Lipinski definition) is 0. The Morgan fingerprint density at radius 2 is 1.94 bits per heavy atom. The average molecular weight is 257 g/mol. The second-order valence-corrected chi connectivity index (χ2v) is 4.47. The maximum atomic E-state index is 6.04. The Hall–Kier alpha value is -0.830. The predicted molar refractivity (Wildman–Crippen MR) is 70.7 cm³/mol. The van der Waals surface area contributed by atoms with Crippen LogP contribution in [0.1, 0.15) is 51.5 Å². The van der Waals surface area contributed by atoms with Gasteiger partial charge in [-0.25, -0.2) is 9.97 Å². The largest absolute Gasteiger partial charge is 0.477 e. The smallest absolute Gasteiger partial charge is 0.221 e. The predicted octanol–water partition coefficient (Wildman–Crippen LogP) is 4.04. The highest BCUT2D eigenvalue weighted by molar-refractivity contribution is 6.30. The lowest BCUT2D eigenvalue weighted by Gasteiger charge is -2.10. The van der Waals surface area contributed by atoms with Crippen LogP contribution in [0.4, 0.5) is 0 Å². The molecule has 0 aliphatic heterocycles. The normalized spacial score (nSPS) is 10.5. The lowest BCUT2D eigenvalue weighted by molar-refractivity contribution is 0.290. The number of unbranched alkanes of at least 4 members (excludes halogenated alkanes) is 3. The van der Waals surface area contributed by atoms with Crippen LogP contribution in [0.2, 0.25) is 5.15 Å². The van der Waals surface area contributed by atoms with Crippen molar-refractivity contribution in [1.82, 2.24) is 9.97 Å². The van der Waals surface area contributed by atoms with Crippen LogP contribution in [-0.2, 0) is 6.42 Å². The summed E-state index contributed by atoms with van der Waals surface area (Å²) in [7, 11) is 0. The summed E-state index contributed by atoms with van der Waals surface area (Å²) < 4.78 is 5.68. The molecule has 0 aromatic carbocycles. The fourth-order valence-electron chi connectivity index (χ4n) is 1.66. The molecule has 0 aliphatic rings. The van der Waals surface area contributed by atoms with Gasteiger partial charge in [-0.3, -0.25) is 0 Å². The lowest BCUT2D eigenvalue weighted by atomic mass is 10.2. The van der Waals surface area contributed by atoms with Gasteiger partial charge in [-0.1, -0.05) is 51.1 Å². The average Bonchev–Trinajstić information content (AvgIpc) is 2.33.